The second-order valence-electron chi connectivity index (χ2n) is 5.86. The predicted molar refractivity (Wildman–Crippen MR) is 111 cm³/mol. The van der Waals surface area contributed by atoms with Crippen molar-refractivity contribution in [3.8, 4) is 0 Å². The van der Waals surface area contributed by atoms with Gasteiger partial charge in [-0.2, -0.15) is 0 Å². The van der Waals surface area contributed by atoms with Crippen molar-refractivity contribution in [3.63, 3.8) is 0 Å². The minimum atomic E-state index is -0.435. The number of non-ortho nitro benzene ring substituents is 1. The van der Waals surface area contributed by atoms with Crippen LogP contribution in [-0.4, -0.2) is 40.6 Å². The van der Waals surface area contributed by atoms with Crippen molar-refractivity contribution in [1.82, 2.24) is 4.90 Å². The Morgan fingerprint density at radius 1 is 1.15 bits per heavy atom. The maximum atomic E-state index is 12.8. The van der Waals surface area contributed by atoms with Gasteiger partial charge in [0.15, 0.2) is 0 Å². The molecule has 0 aromatic heterocycles. The lowest BCUT2D eigenvalue weighted by atomic mass is 10.1. The molecule has 146 valence electrons. The molecule has 1 atom stereocenters. The SMILES string of the molecule is CC(Sc1ccc([N+](=O)[O-])cc1)C(=O)N(CCN)CCc1ccccc1.Cl. The van der Waals surface area contributed by atoms with Crippen molar-refractivity contribution >= 4 is 35.8 Å². The Bertz CT molecular complexity index is 729. The first kappa shape index (κ1) is 23.0. The van der Waals surface area contributed by atoms with E-state index >= 15 is 0 Å². The number of hydrogen-bond donors (Lipinski definition) is 1. The van der Waals surface area contributed by atoms with E-state index in [1.807, 2.05) is 37.3 Å². The molecule has 0 aliphatic rings. The van der Waals surface area contributed by atoms with E-state index in [9.17, 15) is 14.9 Å². The fourth-order valence-corrected chi connectivity index (χ4v) is 3.51. The standard InChI is InChI=1S/C19H23N3O3S.ClH/c1-15(26-18-9-7-17(8-10-18)22(24)25)19(23)21(14-12-20)13-11-16-5-3-2-4-6-16;/h2-10,15H,11-14,20H2,1H3;1H. The van der Waals surface area contributed by atoms with E-state index in [0.717, 1.165) is 11.3 Å². The summed E-state index contributed by atoms with van der Waals surface area (Å²) >= 11 is 1.39. The van der Waals surface area contributed by atoms with E-state index < -0.39 is 4.92 Å². The number of hydrogen-bond acceptors (Lipinski definition) is 5. The lowest BCUT2D eigenvalue weighted by molar-refractivity contribution is -0.384. The number of thioether (sulfide) groups is 1. The molecule has 0 heterocycles. The summed E-state index contributed by atoms with van der Waals surface area (Å²) in [5.74, 6) is 0.0229. The van der Waals surface area contributed by atoms with Crippen molar-refractivity contribution in [1.29, 1.82) is 0 Å². The summed E-state index contributed by atoms with van der Waals surface area (Å²) in [4.78, 5) is 25.7. The van der Waals surface area contributed by atoms with Crippen molar-refractivity contribution < 1.29 is 9.72 Å². The molecule has 0 spiro atoms. The third-order valence-corrected chi connectivity index (χ3v) is 5.03. The molecule has 0 saturated heterocycles. The van der Waals surface area contributed by atoms with Gasteiger partial charge < -0.3 is 10.6 Å². The van der Waals surface area contributed by atoms with E-state index in [-0.39, 0.29) is 29.3 Å². The molecule has 2 N–H and O–H groups in total. The van der Waals surface area contributed by atoms with Crippen LogP contribution in [0.5, 0.6) is 0 Å². The quantitative estimate of drug-likeness (QED) is 0.388. The summed E-state index contributed by atoms with van der Waals surface area (Å²) in [5, 5.41) is 10.4. The number of nitrogens with zero attached hydrogens (tertiary/aromatic N) is 2. The Morgan fingerprint density at radius 3 is 2.33 bits per heavy atom. The van der Waals surface area contributed by atoms with E-state index in [4.69, 9.17) is 5.73 Å². The molecule has 6 nitrogen and oxygen atoms in total. The Morgan fingerprint density at radius 2 is 1.78 bits per heavy atom. The van der Waals surface area contributed by atoms with E-state index in [2.05, 4.69) is 0 Å². The molecule has 0 aliphatic heterocycles. The number of halogens is 1. The first-order valence-electron chi connectivity index (χ1n) is 8.45. The predicted octanol–water partition coefficient (Wildman–Crippen LogP) is 3.53. The highest BCUT2D eigenvalue weighted by molar-refractivity contribution is 8.00. The maximum Gasteiger partial charge on any atom is 0.269 e. The van der Waals surface area contributed by atoms with Crippen LogP contribution in [0, 0.1) is 10.1 Å². The van der Waals surface area contributed by atoms with Gasteiger partial charge in [0, 0.05) is 36.7 Å². The third kappa shape index (κ3) is 7.21. The summed E-state index contributed by atoms with van der Waals surface area (Å²) < 4.78 is 0. The summed E-state index contributed by atoms with van der Waals surface area (Å²) in [6.07, 6.45) is 0.779. The Balaban J connectivity index is 0.00000364. The fraction of sp³-hybridized carbons (Fsp3) is 0.316. The van der Waals surface area contributed by atoms with Crippen molar-refractivity contribution in [2.75, 3.05) is 19.6 Å². The number of carbonyl (C=O) groups excluding carboxylic acids is 1. The molecule has 1 unspecified atom stereocenters. The molecule has 2 aromatic rings. The Hall–Kier alpha value is -2.09. The Labute approximate surface area is 169 Å². The average molecular weight is 410 g/mol. The second kappa shape index (κ2) is 11.6. The number of nitro benzene ring substituents is 1. The van der Waals surface area contributed by atoms with Crippen LogP contribution in [0.2, 0.25) is 0 Å². The highest BCUT2D eigenvalue weighted by Crippen LogP contribution is 2.26. The Kier molecular flexibility index (Phi) is 9.85. The molecule has 0 saturated carbocycles. The van der Waals surface area contributed by atoms with Crippen molar-refractivity contribution in [2.45, 2.75) is 23.5 Å². The van der Waals surface area contributed by atoms with Gasteiger partial charge in [0.05, 0.1) is 10.2 Å². The number of rotatable bonds is 9. The zero-order valence-electron chi connectivity index (χ0n) is 15.1. The smallest absolute Gasteiger partial charge is 0.269 e. The van der Waals surface area contributed by atoms with Crippen LogP contribution in [0.4, 0.5) is 5.69 Å². The lowest BCUT2D eigenvalue weighted by Gasteiger charge is -2.25. The number of benzene rings is 2. The van der Waals surface area contributed by atoms with Crippen LogP contribution in [0.1, 0.15) is 12.5 Å². The zero-order valence-corrected chi connectivity index (χ0v) is 16.7. The van der Waals surface area contributed by atoms with Crippen LogP contribution in [0.25, 0.3) is 0 Å². The molecule has 27 heavy (non-hydrogen) atoms. The van der Waals surface area contributed by atoms with Crippen molar-refractivity contribution in [2.24, 2.45) is 5.73 Å². The molecular weight excluding hydrogens is 386 g/mol. The number of amides is 1. The van der Waals surface area contributed by atoms with E-state index in [1.54, 1.807) is 17.0 Å². The van der Waals surface area contributed by atoms with Gasteiger partial charge in [-0.1, -0.05) is 30.3 Å². The minimum absolute atomic E-state index is 0. The molecule has 1 amide bonds. The fourth-order valence-electron chi connectivity index (χ4n) is 2.55. The summed E-state index contributed by atoms with van der Waals surface area (Å²) in [5.41, 5.74) is 6.89. The van der Waals surface area contributed by atoms with E-state index in [0.29, 0.717) is 19.6 Å². The molecule has 2 aromatic carbocycles. The van der Waals surface area contributed by atoms with Gasteiger partial charge in [-0.3, -0.25) is 14.9 Å². The molecule has 8 heteroatoms. The van der Waals surface area contributed by atoms with Gasteiger partial charge in [0.2, 0.25) is 5.91 Å². The molecular formula is C19H24ClN3O3S. The van der Waals surface area contributed by atoms with Crippen LogP contribution in [0.3, 0.4) is 0 Å². The molecule has 0 bridgehead atoms. The molecule has 0 aliphatic carbocycles. The first-order chi connectivity index (χ1) is 12.5. The normalized spacial score (nSPS) is 11.3. The second-order valence-corrected chi connectivity index (χ2v) is 7.27. The topological polar surface area (TPSA) is 89.5 Å². The van der Waals surface area contributed by atoms with Gasteiger partial charge in [-0.05, 0) is 31.0 Å². The lowest BCUT2D eigenvalue weighted by Crippen LogP contribution is -2.41. The molecule has 2 rings (SSSR count). The highest BCUT2D eigenvalue weighted by atomic mass is 35.5. The van der Waals surface area contributed by atoms with Crippen LogP contribution in [0.15, 0.2) is 59.5 Å². The molecule has 0 fully saturated rings. The van der Waals surface area contributed by atoms with Gasteiger partial charge in [0.25, 0.3) is 5.69 Å². The van der Waals surface area contributed by atoms with Gasteiger partial charge in [-0.25, -0.2) is 0 Å². The summed E-state index contributed by atoms with van der Waals surface area (Å²) in [7, 11) is 0. The monoisotopic (exact) mass is 409 g/mol. The largest absolute Gasteiger partial charge is 0.340 e. The van der Waals surface area contributed by atoms with E-state index in [1.165, 1.54) is 29.5 Å². The third-order valence-electron chi connectivity index (χ3n) is 3.93. The maximum absolute atomic E-state index is 12.8. The van der Waals surface area contributed by atoms with Crippen LogP contribution < -0.4 is 5.73 Å². The highest BCUT2D eigenvalue weighted by Gasteiger charge is 2.21. The summed E-state index contributed by atoms with van der Waals surface area (Å²) in [6.45, 7) is 3.39. The molecule has 0 radical (unpaired) electrons. The van der Waals surface area contributed by atoms with Crippen molar-refractivity contribution in [3.05, 3.63) is 70.3 Å². The number of carbonyl (C=O) groups is 1. The van der Waals surface area contributed by atoms with Gasteiger partial charge in [-0.15, -0.1) is 24.2 Å². The summed E-state index contributed by atoms with van der Waals surface area (Å²) in [6, 6.07) is 16.3. The van der Waals surface area contributed by atoms with Gasteiger partial charge in [0.1, 0.15) is 0 Å². The van der Waals surface area contributed by atoms with Gasteiger partial charge >= 0.3 is 0 Å². The minimum Gasteiger partial charge on any atom is -0.340 e. The van der Waals surface area contributed by atoms with Crippen LogP contribution in [-0.2, 0) is 11.2 Å². The average Bonchev–Trinajstić information content (AvgIpc) is 2.65. The van der Waals surface area contributed by atoms with Crippen LogP contribution >= 0.6 is 24.2 Å². The number of nitrogens with two attached hydrogens (primary N) is 1. The zero-order chi connectivity index (χ0) is 18.9. The number of nitro groups is 1. The first-order valence-corrected chi connectivity index (χ1v) is 9.33.